The predicted molar refractivity (Wildman–Crippen MR) is 143 cm³/mol. The molecule has 0 unspecified atom stereocenters. The molecule has 0 aromatic heterocycles. The van der Waals surface area contributed by atoms with Crippen molar-refractivity contribution in [1.29, 1.82) is 0 Å². The minimum absolute atomic E-state index is 0.0116. The van der Waals surface area contributed by atoms with E-state index < -0.39 is 11.7 Å². The molecular formula is C30H50O4. The van der Waals surface area contributed by atoms with Gasteiger partial charge in [0.15, 0.2) is 0 Å². The van der Waals surface area contributed by atoms with Gasteiger partial charge in [-0.15, -0.1) is 0 Å². The minimum Gasteiger partial charge on any atom is -0.458 e. The largest absolute Gasteiger partial charge is 0.458 e. The zero-order chi connectivity index (χ0) is 25.6. The molecule has 1 rings (SSSR count). The summed E-state index contributed by atoms with van der Waals surface area (Å²) in [5, 5.41) is 10.3. The first-order valence-electron chi connectivity index (χ1n) is 13.1. The predicted octanol–water partition coefficient (Wildman–Crippen LogP) is 7.49. The number of esters is 1. The van der Waals surface area contributed by atoms with Crippen molar-refractivity contribution in [1.82, 2.24) is 0 Å². The van der Waals surface area contributed by atoms with Crippen molar-refractivity contribution < 1.29 is 19.4 Å². The Morgan fingerprint density at radius 2 is 1.88 bits per heavy atom. The van der Waals surface area contributed by atoms with E-state index >= 15 is 0 Å². The summed E-state index contributed by atoms with van der Waals surface area (Å²) in [4.78, 5) is 11.8. The summed E-state index contributed by atoms with van der Waals surface area (Å²) >= 11 is 0. The molecule has 0 aliphatic heterocycles. The zero-order valence-corrected chi connectivity index (χ0v) is 22.9. The quantitative estimate of drug-likeness (QED) is 0.130. The molecule has 34 heavy (non-hydrogen) atoms. The Hall–Kier alpha value is -1.65. The van der Waals surface area contributed by atoms with E-state index in [1.54, 1.807) is 0 Å². The molecule has 0 aromatic rings. The number of carbonyl (C=O) groups excluding carboxylic acids is 1. The average Bonchev–Trinajstić information content (AvgIpc) is 2.72. The molecule has 0 radical (unpaired) electrons. The van der Waals surface area contributed by atoms with Crippen molar-refractivity contribution in [2.75, 3.05) is 13.2 Å². The van der Waals surface area contributed by atoms with Gasteiger partial charge in [-0.25, -0.2) is 4.79 Å². The van der Waals surface area contributed by atoms with Gasteiger partial charge in [-0.05, 0) is 85.5 Å². The third-order valence-corrected chi connectivity index (χ3v) is 6.29. The number of aliphatic hydroxyl groups is 1. The van der Waals surface area contributed by atoms with E-state index in [0.717, 1.165) is 32.1 Å². The highest BCUT2D eigenvalue weighted by Gasteiger charge is 2.28. The van der Waals surface area contributed by atoms with Crippen LogP contribution in [0.4, 0.5) is 0 Å². The van der Waals surface area contributed by atoms with Crippen LogP contribution >= 0.6 is 0 Å². The van der Waals surface area contributed by atoms with Crippen molar-refractivity contribution in [2.24, 2.45) is 11.3 Å². The standard InChI is InChI=1S/C30H50O4/c1-24(2)13-12-14-25(3)17-18-27(31)16-9-11-21-30(7)20-10-8-15-26(30)19-22-33-23-28(32)34-29(4,5)6/h9,11,13,16,19,21,25,27,31H,8,10,12,14-15,17-18,20,22-23H2,1-7H3/b16-9+,21-11+,26-19?/t25-,27-,30-/m0/s1. The molecule has 0 aromatic carbocycles. The number of rotatable bonds is 13. The van der Waals surface area contributed by atoms with Crippen LogP contribution in [0.3, 0.4) is 0 Å². The number of hydrogen-bond donors (Lipinski definition) is 1. The van der Waals surface area contributed by atoms with Crippen molar-refractivity contribution in [3.05, 3.63) is 47.6 Å². The lowest BCUT2D eigenvalue weighted by atomic mass is 9.71. The molecule has 0 bridgehead atoms. The lowest BCUT2D eigenvalue weighted by molar-refractivity contribution is -0.159. The molecule has 1 saturated carbocycles. The SMILES string of the molecule is CC(C)=CCC[C@H](C)CC[C@@H](O)/C=C/C=C/[C@]1(C)CCCCC1=CCOCC(=O)OC(C)(C)C. The first kappa shape index (κ1) is 30.4. The normalized spacial score (nSPS) is 22.3. The molecule has 3 atom stereocenters. The molecule has 1 N–H and O–H groups in total. The number of ether oxygens (including phenoxy) is 2. The van der Waals surface area contributed by atoms with E-state index in [1.807, 2.05) is 32.9 Å². The summed E-state index contributed by atoms with van der Waals surface area (Å²) in [6.45, 7) is 14.8. The lowest BCUT2D eigenvalue weighted by Crippen LogP contribution is -2.26. The Morgan fingerprint density at radius 3 is 2.56 bits per heavy atom. The van der Waals surface area contributed by atoms with Crippen molar-refractivity contribution >= 4 is 5.97 Å². The molecule has 4 heteroatoms. The molecule has 0 amide bonds. The fourth-order valence-corrected chi connectivity index (χ4v) is 4.26. The number of aliphatic hydroxyl groups excluding tert-OH is 1. The van der Waals surface area contributed by atoms with Crippen LogP contribution in [-0.2, 0) is 14.3 Å². The maximum absolute atomic E-state index is 11.8. The van der Waals surface area contributed by atoms with Gasteiger partial charge in [0.25, 0.3) is 0 Å². The maximum atomic E-state index is 11.8. The van der Waals surface area contributed by atoms with Gasteiger partial charge in [-0.3, -0.25) is 0 Å². The van der Waals surface area contributed by atoms with Crippen LogP contribution in [0, 0.1) is 11.3 Å². The van der Waals surface area contributed by atoms with Crippen LogP contribution in [0.15, 0.2) is 47.6 Å². The minimum atomic E-state index is -0.490. The number of hydrogen-bond acceptors (Lipinski definition) is 4. The Balaban J connectivity index is 2.50. The van der Waals surface area contributed by atoms with Crippen LogP contribution in [0.5, 0.6) is 0 Å². The highest BCUT2D eigenvalue weighted by molar-refractivity contribution is 5.71. The summed E-state index contributed by atoms with van der Waals surface area (Å²) < 4.78 is 10.8. The van der Waals surface area contributed by atoms with Gasteiger partial charge in [-0.1, -0.05) is 67.9 Å². The summed E-state index contributed by atoms with van der Waals surface area (Å²) in [6.07, 6.45) is 20.9. The van der Waals surface area contributed by atoms with E-state index in [1.165, 1.54) is 30.4 Å². The fraction of sp³-hybridized carbons (Fsp3) is 0.700. The smallest absolute Gasteiger partial charge is 0.332 e. The van der Waals surface area contributed by atoms with Gasteiger partial charge in [0, 0.05) is 5.41 Å². The van der Waals surface area contributed by atoms with Gasteiger partial charge < -0.3 is 14.6 Å². The van der Waals surface area contributed by atoms with E-state index in [-0.39, 0.29) is 18.0 Å². The highest BCUT2D eigenvalue weighted by atomic mass is 16.6. The van der Waals surface area contributed by atoms with Crippen molar-refractivity contribution in [2.45, 2.75) is 112 Å². The maximum Gasteiger partial charge on any atom is 0.332 e. The first-order chi connectivity index (χ1) is 15.9. The van der Waals surface area contributed by atoms with Crippen LogP contribution in [-0.4, -0.2) is 36.0 Å². The third kappa shape index (κ3) is 13.9. The summed E-state index contributed by atoms with van der Waals surface area (Å²) in [5.74, 6) is 0.295. The second kappa shape index (κ2) is 15.4. The lowest BCUT2D eigenvalue weighted by Gasteiger charge is -2.34. The molecule has 4 nitrogen and oxygen atoms in total. The van der Waals surface area contributed by atoms with Crippen molar-refractivity contribution in [3.63, 3.8) is 0 Å². The Bertz CT molecular complexity index is 719. The summed E-state index contributed by atoms with van der Waals surface area (Å²) in [7, 11) is 0. The van der Waals surface area contributed by atoms with Crippen LogP contribution in [0.1, 0.15) is 99.8 Å². The van der Waals surface area contributed by atoms with Crippen LogP contribution in [0.25, 0.3) is 0 Å². The topological polar surface area (TPSA) is 55.8 Å². The Labute approximate surface area is 209 Å². The molecular weight excluding hydrogens is 424 g/mol. The fourth-order valence-electron chi connectivity index (χ4n) is 4.26. The van der Waals surface area contributed by atoms with E-state index in [9.17, 15) is 9.90 Å². The molecule has 1 aliphatic carbocycles. The molecule has 1 aliphatic rings. The first-order valence-corrected chi connectivity index (χ1v) is 13.1. The molecule has 0 saturated heterocycles. The highest BCUT2D eigenvalue weighted by Crippen LogP contribution is 2.41. The van der Waals surface area contributed by atoms with Crippen molar-refractivity contribution in [3.8, 4) is 0 Å². The average molecular weight is 475 g/mol. The second-order valence-corrected chi connectivity index (χ2v) is 11.3. The Kier molecular flexibility index (Phi) is 13.7. The van der Waals surface area contributed by atoms with E-state index in [4.69, 9.17) is 9.47 Å². The Morgan fingerprint density at radius 1 is 1.15 bits per heavy atom. The molecule has 194 valence electrons. The monoisotopic (exact) mass is 474 g/mol. The number of allylic oxidation sites excluding steroid dienone is 6. The van der Waals surface area contributed by atoms with Gasteiger partial charge in [-0.2, -0.15) is 0 Å². The number of carbonyl (C=O) groups is 1. The van der Waals surface area contributed by atoms with Gasteiger partial charge in [0.1, 0.15) is 12.2 Å². The summed E-state index contributed by atoms with van der Waals surface area (Å²) in [6, 6.07) is 0. The van der Waals surface area contributed by atoms with Gasteiger partial charge >= 0.3 is 5.97 Å². The zero-order valence-electron chi connectivity index (χ0n) is 22.9. The van der Waals surface area contributed by atoms with Crippen LogP contribution < -0.4 is 0 Å². The molecule has 0 spiro atoms. The summed E-state index contributed by atoms with van der Waals surface area (Å²) in [5.41, 5.74) is 2.23. The molecule has 1 fully saturated rings. The van der Waals surface area contributed by atoms with Crippen LogP contribution in [0.2, 0.25) is 0 Å². The van der Waals surface area contributed by atoms with Gasteiger partial charge in [0.05, 0.1) is 12.7 Å². The van der Waals surface area contributed by atoms with E-state index in [0.29, 0.717) is 12.5 Å². The third-order valence-electron chi connectivity index (χ3n) is 6.29. The second-order valence-electron chi connectivity index (χ2n) is 11.3. The van der Waals surface area contributed by atoms with Gasteiger partial charge in [0.2, 0.25) is 0 Å². The molecule has 0 heterocycles. The van der Waals surface area contributed by atoms with E-state index in [2.05, 4.69) is 52.0 Å².